The molecule has 0 radical (unpaired) electrons. The summed E-state index contributed by atoms with van der Waals surface area (Å²) in [5, 5.41) is 9.80. The largest absolute Gasteiger partial charge is 0.390 e. The Morgan fingerprint density at radius 2 is 2.33 bits per heavy atom. The minimum absolute atomic E-state index is 0.131. The Bertz CT molecular complexity index is 365. The summed E-state index contributed by atoms with van der Waals surface area (Å²) in [6, 6.07) is 6.54. The maximum Gasteiger partial charge on any atom is 0.0868 e. The molecular formula is C12H18N2O. The number of benzene rings is 1. The van der Waals surface area contributed by atoms with Gasteiger partial charge in [0.15, 0.2) is 0 Å². The Hall–Kier alpha value is -1.06. The SMILES string of the molecule is Cc1ccc2c(c1)CC(C(O)CN)N2C. The molecule has 0 spiro atoms. The van der Waals surface area contributed by atoms with E-state index >= 15 is 0 Å². The highest BCUT2D eigenvalue weighted by Gasteiger charge is 2.30. The van der Waals surface area contributed by atoms with E-state index < -0.39 is 6.10 Å². The van der Waals surface area contributed by atoms with E-state index in [9.17, 15) is 5.11 Å². The number of likely N-dealkylation sites (N-methyl/N-ethyl adjacent to an activating group) is 1. The van der Waals surface area contributed by atoms with Gasteiger partial charge in [-0.2, -0.15) is 0 Å². The van der Waals surface area contributed by atoms with Gasteiger partial charge < -0.3 is 15.7 Å². The number of rotatable bonds is 2. The van der Waals surface area contributed by atoms with E-state index in [1.807, 2.05) is 7.05 Å². The van der Waals surface area contributed by atoms with Crippen LogP contribution >= 0.6 is 0 Å². The van der Waals surface area contributed by atoms with Gasteiger partial charge in [-0.15, -0.1) is 0 Å². The summed E-state index contributed by atoms with van der Waals surface area (Å²) in [7, 11) is 2.02. The first-order valence-electron chi connectivity index (χ1n) is 5.34. The van der Waals surface area contributed by atoms with Crippen LogP contribution in [0.15, 0.2) is 18.2 Å². The van der Waals surface area contributed by atoms with Gasteiger partial charge >= 0.3 is 0 Å². The maximum atomic E-state index is 9.80. The van der Waals surface area contributed by atoms with Crippen molar-refractivity contribution < 1.29 is 5.11 Å². The highest BCUT2D eigenvalue weighted by Crippen LogP contribution is 2.32. The van der Waals surface area contributed by atoms with Crippen molar-refractivity contribution in [2.75, 3.05) is 18.5 Å². The molecule has 82 valence electrons. The third-order valence-corrected chi connectivity index (χ3v) is 3.23. The molecule has 0 saturated carbocycles. The van der Waals surface area contributed by atoms with E-state index in [2.05, 4.69) is 30.0 Å². The molecule has 2 rings (SSSR count). The molecule has 1 heterocycles. The normalized spacial score (nSPS) is 21.6. The monoisotopic (exact) mass is 206 g/mol. The Morgan fingerprint density at radius 1 is 1.60 bits per heavy atom. The van der Waals surface area contributed by atoms with Crippen molar-refractivity contribution >= 4 is 5.69 Å². The van der Waals surface area contributed by atoms with Crippen molar-refractivity contribution in [3.05, 3.63) is 29.3 Å². The highest BCUT2D eigenvalue weighted by molar-refractivity contribution is 5.60. The van der Waals surface area contributed by atoms with Crippen LogP contribution in [0.1, 0.15) is 11.1 Å². The van der Waals surface area contributed by atoms with Crippen LogP contribution < -0.4 is 10.6 Å². The molecule has 2 atom stereocenters. The van der Waals surface area contributed by atoms with Crippen LogP contribution in [-0.2, 0) is 6.42 Å². The summed E-state index contributed by atoms with van der Waals surface area (Å²) < 4.78 is 0. The zero-order chi connectivity index (χ0) is 11.0. The van der Waals surface area contributed by atoms with Crippen LogP contribution in [0, 0.1) is 6.92 Å². The summed E-state index contributed by atoms with van der Waals surface area (Å²) >= 11 is 0. The fraction of sp³-hybridized carbons (Fsp3) is 0.500. The third-order valence-electron chi connectivity index (χ3n) is 3.23. The fourth-order valence-electron chi connectivity index (χ4n) is 2.31. The molecule has 0 aliphatic carbocycles. The highest BCUT2D eigenvalue weighted by atomic mass is 16.3. The number of aliphatic hydroxyl groups excluding tert-OH is 1. The van der Waals surface area contributed by atoms with Crippen LogP contribution in [0.3, 0.4) is 0 Å². The molecule has 2 unspecified atom stereocenters. The Balaban J connectivity index is 2.28. The lowest BCUT2D eigenvalue weighted by atomic mass is 10.0. The Labute approximate surface area is 90.5 Å². The molecule has 0 bridgehead atoms. The number of fused-ring (bicyclic) bond motifs is 1. The smallest absolute Gasteiger partial charge is 0.0868 e. The second-order valence-corrected chi connectivity index (χ2v) is 4.32. The van der Waals surface area contributed by atoms with E-state index in [-0.39, 0.29) is 6.04 Å². The fourth-order valence-corrected chi connectivity index (χ4v) is 2.31. The van der Waals surface area contributed by atoms with Crippen molar-refractivity contribution in [3.8, 4) is 0 Å². The van der Waals surface area contributed by atoms with Crippen molar-refractivity contribution in [2.24, 2.45) is 5.73 Å². The molecule has 15 heavy (non-hydrogen) atoms. The number of hydrogen-bond donors (Lipinski definition) is 2. The van der Waals surface area contributed by atoms with Gasteiger partial charge in [0.2, 0.25) is 0 Å². The first kappa shape index (κ1) is 10.5. The molecule has 1 aliphatic rings. The van der Waals surface area contributed by atoms with Gasteiger partial charge in [0.25, 0.3) is 0 Å². The molecule has 1 aromatic rings. The van der Waals surface area contributed by atoms with Crippen molar-refractivity contribution in [1.82, 2.24) is 0 Å². The standard InChI is InChI=1S/C12H18N2O/c1-8-3-4-10-9(5-8)6-11(14(10)2)12(15)7-13/h3-5,11-12,15H,6-7,13H2,1-2H3. The van der Waals surface area contributed by atoms with E-state index in [0.717, 1.165) is 6.42 Å². The first-order chi connectivity index (χ1) is 7.13. The minimum Gasteiger partial charge on any atom is -0.390 e. The van der Waals surface area contributed by atoms with Gasteiger partial charge in [-0.3, -0.25) is 0 Å². The molecular weight excluding hydrogens is 188 g/mol. The quantitative estimate of drug-likeness (QED) is 0.748. The molecule has 0 saturated heterocycles. The first-order valence-corrected chi connectivity index (χ1v) is 5.34. The Kier molecular flexibility index (Phi) is 2.67. The summed E-state index contributed by atoms with van der Waals surface area (Å²) in [5.74, 6) is 0. The molecule has 1 aliphatic heterocycles. The van der Waals surface area contributed by atoms with Crippen molar-refractivity contribution in [1.29, 1.82) is 0 Å². The lowest BCUT2D eigenvalue weighted by molar-refractivity contribution is 0.153. The summed E-state index contributed by atoms with van der Waals surface area (Å²) in [6.45, 7) is 2.41. The van der Waals surface area contributed by atoms with E-state index in [0.29, 0.717) is 6.54 Å². The van der Waals surface area contributed by atoms with Crippen molar-refractivity contribution in [2.45, 2.75) is 25.5 Å². The zero-order valence-corrected chi connectivity index (χ0v) is 9.27. The zero-order valence-electron chi connectivity index (χ0n) is 9.27. The number of hydrogen-bond acceptors (Lipinski definition) is 3. The van der Waals surface area contributed by atoms with Gasteiger partial charge in [-0.1, -0.05) is 17.7 Å². The molecule has 0 fully saturated rings. The van der Waals surface area contributed by atoms with Gasteiger partial charge in [-0.05, 0) is 25.0 Å². The summed E-state index contributed by atoms with van der Waals surface area (Å²) in [5.41, 5.74) is 9.31. The van der Waals surface area contributed by atoms with E-state index in [1.54, 1.807) is 0 Å². The van der Waals surface area contributed by atoms with Crippen LogP contribution in [0.25, 0.3) is 0 Å². The van der Waals surface area contributed by atoms with Gasteiger partial charge in [0, 0.05) is 19.3 Å². The molecule has 0 amide bonds. The second kappa shape index (κ2) is 3.83. The molecule has 3 N–H and O–H groups in total. The predicted molar refractivity (Wildman–Crippen MR) is 62.1 cm³/mol. The molecule has 3 heteroatoms. The van der Waals surface area contributed by atoms with E-state index in [1.165, 1.54) is 16.8 Å². The van der Waals surface area contributed by atoms with Crippen molar-refractivity contribution in [3.63, 3.8) is 0 Å². The Morgan fingerprint density at radius 3 is 3.00 bits per heavy atom. The van der Waals surface area contributed by atoms with Crippen LogP contribution in [0.4, 0.5) is 5.69 Å². The van der Waals surface area contributed by atoms with Gasteiger partial charge in [0.05, 0.1) is 12.1 Å². The number of anilines is 1. The second-order valence-electron chi connectivity index (χ2n) is 4.32. The number of nitrogens with two attached hydrogens (primary N) is 1. The average molecular weight is 206 g/mol. The lowest BCUT2D eigenvalue weighted by Gasteiger charge is -2.26. The number of aliphatic hydroxyl groups is 1. The minimum atomic E-state index is -0.442. The van der Waals surface area contributed by atoms with Crippen LogP contribution in [-0.4, -0.2) is 30.8 Å². The third kappa shape index (κ3) is 1.73. The van der Waals surface area contributed by atoms with Gasteiger partial charge in [0.1, 0.15) is 0 Å². The molecule has 3 nitrogen and oxygen atoms in total. The average Bonchev–Trinajstić information content (AvgIpc) is 2.54. The topological polar surface area (TPSA) is 49.5 Å². The van der Waals surface area contributed by atoms with Crippen LogP contribution in [0.2, 0.25) is 0 Å². The number of nitrogens with zero attached hydrogens (tertiary/aromatic N) is 1. The van der Waals surface area contributed by atoms with Crippen LogP contribution in [0.5, 0.6) is 0 Å². The lowest BCUT2D eigenvalue weighted by Crippen LogP contribution is -2.43. The summed E-state index contributed by atoms with van der Waals surface area (Å²) in [6.07, 6.45) is 0.453. The molecule has 1 aromatic carbocycles. The predicted octanol–water partition coefficient (Wildman–Crippen LogP) is 0.676. The molecule has 0 aromatic heterocycles. The number of aryl methyl sites for hydroxylation is 1. The van der Waals surface area contributed by atoms with Gasteiger partial charge in [-0.25, -0.2) is 0 Å². The summed E-state index contributed by atoms with van der Waals surface area (Å²) in [4.78, 5) is 2.13. The van der Waals surface area contributed by atoms with E-state index in [4.69, 9.17) is 5.73 Å². The maximum absolute atomic E-state index is 9.80.